The quantitative estimate of drug-likeness (QED) is 0.647. The van der Waals surface area contributed by atoms with Crippen molar-refractivity contribution in [3.8, 4) is 11.6 Å². The van der Waals surface area contributed by atoms with E-state index in [9.17, 15) is 0 Å². The standard InChI is InChI=1S/C19H25Cl2N3O2/c1-14-12-23(13-15(2)26-14)8-3-4-10-25-19-7-9-24(22-19)16-5-6-17(20)18(21)11-16/h5-7,9,11,14-15H,3-4,8,10,12-13H2,1-2H3/t14-,15+. The summed E-state index contributed by atoms with van der Waals surface area (Å²) in [6, 6.07) is 7.27. The minimum absolute atomic E-state index is 0.320. The number of halogens is 2. The van der Waals surface area contributed by atoms with E-state index < -0.39 is 0 Å². The van der Waals surface area contributed by atoms with Gasteiger partial charge in [0.25, 0.3) is 0 Å². The van der Waals surface area contributed by atoms with Gasteiger partial charge in [-0.05, 0) is 51.4 Å². The van der Waals surface area contributed by atoms with E-state index in [0.717, 1.165) is 38.2 Å². The first kappa shape index (κ1) is 19.5. The number of morpholine rings is 1. The second kappa shape index (κ2) is 9.09. The van der Waals surface area contributed by atoms with Crippen LogP contribution in [0.2, 0.25) is 10.0 Å². The number of nitrogens with zero attached hydrogens (tertiary/aromatic N) is 3. The number of benzene rings is 1. The normalized spacial score (nSPS) is 21.1. The van der Waals surface area contributed by atoms with Crippen molar-refractivity contribution in [3.05, 3.63) is 40.5 Å². The highest BCUT2D eigenvalue weighted by atomic mass is 35.5. The van der Waals surface area contributed by atoms with E-state index in [0.29, 0.717) is 34.7 Å². The molecule has 0 amide bonds. The Morgan fingerprint density at radius 3 is 2.62 bits per heavy atom. The van der Waals surface area contributed by atoms with Crippen molar-refractivity contribution in [2.75, 3.05) is 26.2 Å². The van der Waals surface area contributed by atoms with Crippen LogP contribution in [0.5, 0.6) is 5.88 Å². The molecule has 2 heterocycles. The van der Waals surface area contributed by atoms with Crippen molar-refractivity contribution in [2.24, 2.45) is 0 Å². The van der Waals surface area contributed by atoms with Crippen LogP contribution in [0.3, 0.4) is 0 Å². The van der Waals surface area contributed by atoms with Crippen LogP contribution < -0.4 is 4.74 Å². The summed E-state index contributed by atoms with van der Waals surface area (Å²) in [7, 11) is 0. The van der Waals surface area contributed by atoms with E-state index in [1.807, 2.05) is 18.3 Å². The average Bonchev–Trinajstić information content (AvgIpc) is 3.05. The molecule has 7 heteroatoms. The van der Waals surface area contributed by atoms with Gasteiger partial charge in [0.15, 0.2) is 0 Å². The van der Waals surface area contributed by atoms with Gasteiger partial charge in [0, 0.05) is 25.4 Å². The maximum absolute atomic E-state index is 6.05. The molecular formula is C19H25Cl2N3O2. The molecular weight excluding hydrogens is 373 g/mol. The Morgan fingerprint density at radius 1 is 1.12 bits per heavy atom. The van der Waals surface area contributed by atoms with Crippen LogP contribution in [-0.4, -0.2) is 53.1 Å². The monoisotopic (exact) mass is 397 g/mol. The van der Waals surface area contributed by atoms with Crippen molar-refractivity contribution < 1.29 is 9.47 Å². The van der Waals surface area contributed by atoms with Crippen molar-refractivity contribution in [3.63, 3.8) is 0 Å². The molecule has 0 saturated carbocycles. The molecule has 0 spiro atoms. The lowest BCUT2D eigenvalue weighted by molar-refractivity contribution is -0.0682. The summed E-state index contributed by atoms with van der Waals surface area (Å²) in [6.07, 6.45) is 4.60. The molecule has 0 aliphatic carbocycles. The summed E-state index contributed by atoms with van der Waals surface area (Å²) in [5.74, 6) is 0.615. The van der Waals surface area contributed by atoms with Gasteiger partial charge >= 0.3 is 0 Å². The Labute approximate surface area is 164 Å². The third-order valence-electron chi connectivity index (χ3n) is 4.35. The largest absolute Gasteiger partial charge is 0.477 e. The van der Waals surface area contributed by atoms with Gasteiger partial charge in [-0.15, -0.1) is 5.10 Å². The molecule has 1 aliphatic rings. The molecule has 142 valence electrons. The number of aromatic nitrogens is 2. The summed E-state index contributed by atoms with van der Waals surface area (Å²) in [5, 5.41) is 5.46. The molecule has 2 aromatic rings. The number of hydrogen-bond acceptors (Lipinski definition) is 4. The van der Waals surface area contributed by atoms with E-state index in [-0.39, 0.29) is 0 Å². The summed E-state index contributed by atoms with van der Waals surface area (Å²) < 4.78 is 13.3. The van der Waals surface area contributed by atoms with Gasteiger partial charge in [0.2, 0.25) is 5.88 Å². The predicted molar refractivity (Wildman–Crippen MR) is 105 cm³/mol. The van der Waals surface area contributed by atoms with Gasteiger partial charge < -0.3 is 9.47 Å². The van der Waals surface area contributed by atoms with Crippen LogP contribution in [0.4, 0.5) is 0 Å². The Kier molecular flexibility index (Phi) is 6.81. The fourth-order valence-electron chi connectivity index (χ4n) is 3.24. The van der Waals surface area contributed by atoms with E-state index in [1.165, 1.54) is 0 Å². The Bertz CT molecular complexity index is 713. The molecule has 0 radical (unpaired) electrons. The summed E-state index contributed by atoms with van der Waals surface area (Å²) in [6.45, 7) is 8.04. The Hall–Kier alpha value is -1.27. The number of ether oxygens (including phenoxy) is 2. The zero-order chi connectivity index (χ0) is 18.5. The molecule has 1 aromatic heterocycles. The van der Waals surface area contributed by atoms with Crippen molar-refractivity contribution in [2.45, 2.75) is 38.9 Å². The molecule has 0 unspecified atom stereocenters. The van der Waals surface area contributed by atoms with Crippen LogP contribution in [0.1, 0.15) is 26.7 Å². The first-order valence-electron chi connectivity index (χ1n) is 9.03. The number of unbranched alkanes of at least 4 members (excludes halogenated alkanes) is 1. The molecule has 1 saturated heterocycles. The smallest absolute Gasteiger partial charge is 0.233 e. The topological polar surface area (TPSA) is 39.5 Å². The minimum Gasteiger partial charge on any atom is -0.477 e. The van der Waals surface area contributed by atoms with E-state index in [1.54, 1.807) is 16.8 Å². The third-order valence-corrected chi connectivity index (χ3v) is 5.09. The molecule has 0 N–H and O–H groups in total. The maximum atomic E-state index is 6.05. The van der Waals surface area contributed by atoms with Crippen molar-refractivity contribution in [1.82, 2.24) is 14.7 Å². The lowest BCUT2D eigenvalue weighted by Gasteiger charge is -2.35. The van der Waals surface area contributed by atoms with Gasteiger partial charge in [0.1, 0.15) is 0 Å². The van der Waals surface area contributed by atoms with Crippen LogP contribution in [0, 0.1) is 0 Å². The zero-order valence-electron chi connectivity index (χ0n) is 15.2. The fourth-order valence-corrected chi connectivity index (χ4v) is 3.53. The van der Waals surface area contributed by atoms with Gasteiger partial charge in [-0.25, -0.2) is 4.68 Å². The first-order chi connectivity index (χ1) is 12.5. The SMILES string of the molecule is C[C@@H]1CN(CCCCOc2ccn(-c3ccc(Cl)c(Cl)c3)n2)C[C@H](C)O1. The van der Waals surface area contributed by atoms with Crippen molar-refractivity contribution in [1.29, 1.82) is 0 Å². The molecule has 0 bridgehead atoms. The second-order valence-electron chi connectivity index (χ2n) is 6.77. The van der Waals surface area contributed by atoms with Gasteiger partial charge in [-0.2, -0.15) is 0 Å². The molecule has 3 rings (SSSR count). The Morgan fingerprint density at radius 2 is 1.88 bits per heavy atom. The van der Waals surface area contributed by atoms with Crippen LogP contribution in [0.15, 0.2) is 30.5 Å². The van der Waals surface area contributed by atoms with E-state index >= 15 is 0 Å². The van der Waals surface area contributed by atoms with Gasteiger partial charge in [-0.1, -0.05) is 23.2 Å². The fraction of sp³-hybridized carbons (Fsp3) is 0.526. The van der Waals surface area contributed by atoms with E-state index in [4.69, 9.17) is 32.7 Å². The maximum Gasteiger partial charge on any atom is 0.233 e. The van der Waals surface area contributed by atoms with Crippen LogP contribution in [0.25, 0.3) is 5.69 Å². The number of rotatable bonds is 7. The van der Waals surface area contributed by atoms with Crippen LogP contribution >= 0.6 is 23.2 Å². The Balaban J connectivity index is 1.40. The molecule has 1 fully saturated rings. The van der Waals surface area contributed by atoms with Crippen LogP contribution in [-0.2, 0) is 4.74 Å². The number of hydrogen-bond donors (Lipinski definition) is 0. The summed E-state index contributed by atoms with van der Waals surface area (Å²) in [5.41, 5.74) is 0.852. The predicted octanol–water partition coefficient (Wildman–Crippen LogP) is 4.45. The highest BCUT2D eigenvalue weighted by Gasteiger charge is 2.21. The third kappa shape index (κ3) is 5.36. The zero-order valence-corrected chi connectivity index (χ0v) is 16.7. The highest BCUT2D eigenvalue weighted by Crippen LogP contribution is 2.24. The lowest BCUT2D eigenvalue weighted by atomic mass is 10.2. The lowest BCUT2D eigenvalue weighted by Crippen LogP contribution is -2.45. The summed E-state index contributed by atoms with van der Waals surface area (Å²) >= 11 is 12.0. The molecule has 26 heavy (non-hydrogen) atoms. The first-order valence-corrected chi connectivity index (χ1v) is 9.78. The average molecular weight is 398 g/mol. The molecule has 5 nitrogen and oxygen atoms in total. The van der Waals surface area contributed by atoms with Crippen molar-refractivity contribution >= 4 is 23.2 Å². The van der Waals surface area contributed by atoms with Gasteiger partial charge in [-0.3, -0.25) is 4.90 Å². The highest BCUT2D eigenvalue weighted by molar-refractivity contribution is 6.42. The molecule has 1 aliphatic heterocycles. The van der Waals surface area contributed by atoms with E-state index in [2.05, 4.69) is 23.8 Å². The summed E-state index contributed by atoms with van der Waals surface area (Å²) in [4.78, 5) is 2.47. The molecule has 2 atom stereocenters. The molecule has 1 aromatic carbocycles. The van der Waals surface area contributed by atoms with Gasteiger partial charge in [0.05, 0.1) is 34.5 Å². The second-order valence-corrected chi connectivity index (χ2v) is 7.58. The minimum atomic E-state index is 0.320.